The van der Waals surface area contributed by atoms with E-state index in [1.165, 1.54) is 18.6 Å². The number of benzene rings is 1. The van der Waals surface area contributed by atoms with Crippen molar-refractivity contribution in [1.82, 2.24) is 5.32 Å². The third-order valence-electron chi connectivity index (χ3n) is 2.71. The van der Waals surface area contributed by atoms with Crippen molar-refractivity contribution >= 4 is 17.7 Å². The Labute approximate surface area is 103 Å². The van der Waals surface area contributed by atoms with E-state index in [0.29, 0.717) is 11.8 Å². The molecule has 1 fully saturated rings. The van der Waals surface area contributed by atoms with Crippen LogP contribution in [0.4, 0.5) is 4.39 Å². The minimum absolute atomic E-state index is 0.0224. The normalized spacial score (nSPS) is 19.2. The Hall–Kier alpha value is -1.23. The molecular weight excluding hydrogens is 241 g/mol. The van der Waals surface area contributed by atoms with E-state index in [0.717, 1.165) is 18.2 Å². The molecule has 1 aliphatic rings. The van der Waals surface area contributed by atoms with E-state index in [2.05, 4.69) is 5.32 Å². The van der Waals surface area contributed by atoms with Crippen molar-refractivity contribution in [3.05, 3.63) is 29.6 Å². The Morgan fingerprint density at radius 1 is 1.59 bits per heavy atom. The molecule has 17 heavy (non-hydrogen) atoms. The maximum atomic E-state index is 13.4. The summed E-state index contributed by atoms with van der Waals surface area (Å²) in [4.78, 5) is 11.7. The van der Waals surface area contributed by atoms with E-state index in [1.807, 2.05) is 11.8 Å². The molecule has 0 saturated carbocycles. The molecule has 0 aromatic heterocycles. The van der Waals surface area contributed by atoms with Gasteiger partial charge in [0.1, 0.15) is 11.6 Å². The molecule has 1 aromatic rings. The second-order valence-corrected chi connectivity index (χ2v) is 5.42. The maximum absolute atomic E-state index is 13.4. The van der Waals surface area contributed by atoms with Gasteiger partial charge >= 0.3 is 0 Å². The number of phenolic OH excluding ortho intramolecular Hbond substituents is 1. The van der Waals surface area contributed by atoms with Crippen LogP contribution in [0.3, 0.4) is 0 Å². The molecule has 1 unspecified atom stereocenters. The fourth-order valence-corrected chi connectivity index (χ4v) is 3.00. The van der Waals surface area contributed by atoms with Crippen LogP contribution < -0.4 is 5.32 Å². The second-order valence-electron chi connectivity index (χ2n) is 4.01. The van der Waals surface area contributed by atoms with E-state index in [-0.39, 0.29) is 11.3 Å². The summed E-state index contributed by atoms with van der Waals surface area (Å²) >= 11 is 1.84. The first kappa shape index (κ1) is 12.2. The first-order valence-electron chi connectivity index (χ1n) is 5.55. The van der Waals surface area contributed by atoms with Gasteiger partial charge in [0.15, 0.2) is 0 Å². The number of thioether (sulfide) groups is 1. The van der Waals surface area contributed by atoms with Crippen LogP contribution in [0.2, 0.25) is 0 Å². The lowest BCUT2D eigenvalue weighted by atomic mass is 10.2. The average Bonchev–Trinajstić information content (AvgIpc) is 2.78. The summed E-state index contributed by atoms with van der Waals surface area (Å²) in [6.07, 6.45) is 2.28. The van der Waals surface area contributed by atoms with E-state index in [4.69, 9.17) is 5.11 Å². The number of halogens is 1. The molecule has 1 aromatic carbocycles. The van der Waals surface area contributed by atoms with Gasteiger partial charge in [-0.05, 0) is 30.7 Å². The summed E-state index contributed by atoms with van der Waals surface area (Å²) in [7, 11) is 0. The van der Waals surface area contributed by atoms with Gasteiger partial charge in [-0.15, -0.1) is 0 Å². The highest BCUT2D eigenvalue weighted by molar-refractivity contribution is 8.00. The number of nitrogens with one attached hydrogen (secondary N) is 1. The molecule has 0 bridgehead atoms. The van der Waals surface area contributed by atoms with Crippen molar-refractivity contribution in [1.29, 1.82) is 0 Å². The lowest BCUT2D eigenvalue weighted by Gasteiger charge is -2.10. The number of phenols is 1. The molecule has 1 aliphatic heterocycles. The molecule has 3 nitrogen and oxygen atoms in total. The van der Waals surface area contributed by atoms with Crippen LogP contribution >= 0.6 is 11.8 Å². The monoisotopic (exact) mass is 255 g/mol. The zero-order valence-electron chi connectivity index (χ0n) is 9.28. The number of aromatic hydroxyl groups is 1. The number of hydrogen-bond donors (Lipinski definition) is 2. The van der Waals surface area contributed by atoms with Crippen molar-refractivity contribution in [3.8, 4) is 5.75 Å². The summed E-state index contributed by atoms with van der Waals surface area (Å²) in [5, 5.41) is 12.2. The lowest BCUT2D eigenvalue weighted by Crippen LogP contribution is -2.30. The third-order valence-corrected chi connectivity index (χ3v) is 4.11. The van der Waals surface area contributed by atoms with E-state index in [9.17, 15) is 9.18 Å². The summed E-state index contributed by atoms with van der Waals surface area (Å²) in [6, 6.07) is 3.54. The van der Waals surface area contributed by atoms with Crippen LogP contribution in [0, 0.1) is 5.82 Å². The highest BCUT2D eigenvalue weighted by Gasteiger charge is 2.18. The van der Waals surface area contributed by atoms with Crippen LogP contribution in [0.15, 0.2) is 18.2 Å². The summed E-state index contributed by atoms with van der Waals surface area (Å²) in [5.41, 5.74) is -0.0224. The van der Waals surface area contributed by atoms with Gasteiger partial charge < -0.3 is 10.4 Å². The average molecular weight is 255 g/mol. The Kier molecular flexibility index (Phi) is 3.89. The fraction of sp³-hybridized carbons (Fsp3) is 0.417. The first-order chi connectivity index (χ1) is 8.16. The van der Waals surface area contributed by atoms with Gasteiger partial charge in [0.25, 0.3) is 5.91 Å². The molecule has 5 heteroatoms. The molecule has 0 radical (unpaired) electrons. The Balaban J connectivity index is 1.94. The number of carbonyl (C=O) groups excluding carboxylic acids is 1. The predicted octanol–water partition coefficient (Wildman–Crippen LogP) is 2.16. The van der Waals surface area contributed by atoms with Gasteiger partial charge in [0.05, 0.1) is 5.56 Å². The SMILES string of the molecule is O=C(NCC1CCCS1)c1ccc(O)cc1F. The number of carbonyl (C=O) groups is 1. The van der Waals surface area contributed by atoms with Crippen LogP contribution in [-0.4, -0.2) is 28.6 Å². The van der Waals surface area contributed by atoms with E-state index < -0.39 is 11.7 Å². The van der Waals surface area contributed by atoms with E-state index in [1.54, 1.807) is 0 Å². The van der Waals surface area contributed by atoms with Gasteiger partial charge in [-0.3, -0.25) is 4.79 Å². The molecule has 1 amide bonds. The maximum Gasteiger partial charge on any atom is 0.254 e. The van der Waals surface area contributed by atoms with Crippen LogP contribution in [-0.2, 0) is 0 Å². The van der Waals surface area contributed by atoms with Crippen LogP contribution in [0.1, 0.15) is 23.2 Å². The van der Waals surface area contributed by atoms with Crippen molar-refractivity contribution in [2.75, 3.05) is 12.3 Å². The Morgan fingerprint density at radius 2 is 2.41 bits per heavy atom. The summed E-state index contributed by atoms with van der Waals surface area (Å²) < 4.78 is 13.4. The fourth-order valence-electron chi connectivity index (χ4n) is 1.80. The molecule has 0 aliphatic carbocycles. The molecule has 1 saturated heterocycles. The van der Waals surface area contributed by atoms with Gasteiger partial charge in [-0.1, -0.05) is 0 Å². The van der Waals surface area contributed by atoms with Gasteiger partial charge in [0, 0.05) is 17.9 Å². The zero-order valence-corrected chi connectivity index (χ0v) is 10.1. The Bertz CT molecular complexity index is 419. The van der Waals surface area contributed by atoms with Gasteiger partial charge in [-0.25, -0.2) is 4.39 Å². The molecular formula is C12H14FNO2S. The highest BCUT2D eigenvalue weighted by atomic mass is 32.2. The quantitative estimate of drug-likeness (QED) is 0.870. The Morgan fingerprint density at radius 3 is 3.06 bits per heavy atom. The van der Waals surface area contributed by atoms with Crippen molar-refractivity contribution in [2.24, 2.45) is 0 Å². The molecule has 2 N–H and O–H groups in total. The highest BCUT2D eigenvalue weighted by Crippen LogP contribution is 2.25. The van der Waals surface area contributed by atoms with Crippen molar-refractivity contribution in [3.63, 3.8) is 0 Å². The van der Waals surface area contributed by atoms with Gasteiger partial charge in [-0.2, -0.15) is 11.8 Å². The van der Waals surface area contributed by atoms with Crippen molar-refractivity contribution in [2.45, 2.75) is 18.1 Å². The number of rotatable bonds is 3. The summed E-state index contributed by atoms with van der Waals surface area (Å²) in [5.74, 6) is -0.157. The number of amides is 1. The molecule has 1 atom stereocenters. The van der Waals surface area contributed by atoms with Gasteiger partial charge in [0.2, 0.25) is 0 Å². The van der Waals surface area contributed by atoms with E-state index >= 15 is 0 Å². The molecule has 92 valence electrons. The van der Waals surface area contributed by atoms with Crippen LogP contribution in [0.25, 0.3) is 0 Å². The van der Waals surface area contributed by atoms with Crippen molar-refractivity contribution < 1.29 is 14.3 Å². The third kappa shape index (κ3) is 3.12. The molecule has 2 rings (SSSR count). The molecule has 0 spiro atoms. The summed E-state index contributed by atoms with van der Waals surface area (Å²) in [6.45, 7) is 0.573. The first-order valence-corrected chi connectivity index (χ1v) is 6.60. The smallest absolute Gasteiger partial charge is 0.254 e. The van der Waals surface area contributed by atoms with Crippen LogP contribution in [0.5, 0.6) is 5.75 Å². The largest absolute Gasteiger partial charge is 0.508 e. The predicted molar refractivity (Wildman–Crippen MR) is 65.9 cm³/mol. The minimum atomic E-state index is -0.693. The zero-order chi connectivity index (χ0) is 12.3. The molecule has 1 heterocycles. The lowest BCUT2D eigenvalue weighted by molar-refractivity contribution is 0.0949. The second kappa shape index (κ2) is 5.40. The standard InChI is InChI=1S/C12H14FNO2S/c13-11-6-8(15)3-4-10(11)12(16)14-7-9-2-1-5-17-9/h3-4,6,9,15H,1-2,5,7H2,(H,14,16). The topological polar surface area (TPSA) is 49.3 Å². The minimum Gasteiger partial charge on any atom is -0.508 e. The number of hydrogen-bond acceptors (Lipinski definition) is 3.